The second-order valence-electron chi connectivity index (χ2n) is 7.46. The molecule has 2 rings (SSSR count). The zero-order chi connectivity index (χ0) is 24.1. The van der Waals surface area contributed by atoms with Gasteiger partial charge in [0.25, 0.3) is 0 Å². The highest BCUT2D eigenvalue weighted by atomic mass is 35.5. The summed E-state index contributed by atoms with van der Waals surface area (Å²) in [5, 5.41) is 2.35. The smallest absolute Gasteiger partial charge is 0.475 e. The molecular weight excluding hydrogens is 463 g/mol. The van der Waals surface area contributed by atoms with Gasteiger partial charge in [-0.25, -0.2) is 9.59 Å². The molecule has 1 heterocycles. The van der Waals surface area contributed by atoms with E-state index in [1.54, 1.807) is 0 Å². The van der Waals surface area contributed by atoms with E-state index in [0.29, 0.717) is 5.56 Å². The van der Waals surface area contributed by atoms with Crippen molar-refractivity contribution >= 4 is 29.8 Å². The summed E-state index contributed by atoms with van der Waals surface area (Å²) in [6, 6.07) is 2.79. The van der Waals surface area contributed by atoms with Crippen LogP contribution in [0, 0.1) is 4.91 Å². The molecule has 0 saturated carbocycles. The Morgan fingerprint density at radius 1 is 1.12 bits per heavy atom. The lowest BCUT2D eigenvalue weighted by molar-refractivity contribution is -0.189. The second kappa shape index (κ2) is 10.1. The minimum Gasteiger partial charge on any atom is -0.475 e. The molecule has 0 aromatic heterocycles. The van der Waals surface area contributed by atoms with Crippen LogP contribution in [0.25, 0.3) is 6.08 Å². The van der Waals surface area contributed by atoms with Crippen LogP contribution < -0.4 is 4.74 Å². The summed E-state index contributed by atoms with van der Waals surface area (Å²) in [5.41, 5.74) is -0.598. The van der Waals surface area contributed by atoms with Crippen molar-refractivity contribution < 1.29 is 46.5 Å². The predicted molar refractivity (Wildman–Crippen MR) is 104 cm³/mol. The van der Waals surface area contributed by atoms with E-state index in [0.717, 1.165) is 6.08 Å². The highest BCUT2D eigenvalue weighted by Crippen LogP contribution is 2.42. The number of benzene rings is 1. The van der Waals surface area contributed by atoms with Gasteiger partial charge in [0.05, 0.1) is 5.57 Å². The average Bonchev–Trinajstić information content (AvgIpc) is 2.68. The van der Waals surface area contributed by atoms with Crippen LogP contribution in [-0.4, -0.2) is 44.4 Å². The van der Waals surface area contributed by atoms with Crippen molar-refractivity contribution in [1.29, 1.82) is 0 Å². The highest BCUT2D eigenvalue weighted by molar-refractivity contribution is 6.31. The fraction of sp³-hybridized carbons (Fsp3) is 0.474. The number of nitrogens with zero attached hydrogens (tertiary/aromatic N) is 1. The quantitative estimate of drug-likeness (QED) is 0.181. The summed E-state index contributed by atoms with van der Waals surface area (Å²) < 4.78 is 59.2. The van der Waals surface area contributed by atoms with Gasteiger partial charge in [-0.3, -0.25) is 0 Å². The second-order valence-corrected chi connectivity index (χ2v) is 7.87. The maximum absolute atomic E-state index is 13.6. The Hall–Kier alpha value is -3.02. The Labute approximate surface area is 185 Å². The van der Waals surface area contributed by atoms with E-state index < -0.39 is 42.2 Å². The van der Waals surface area contributed by atoms with E-state index in [-0.39, 0.29) is 29.5 Å². The SMILES string of the molecule is CC(C)(C)c1cc2c(cc1Cl)C=C(C(=O)OCOC(=O)OCCON=O)[C@@H](C(F)(F)F)O2. The molecule has 0 radical (unpaired) electrons. The van der Waals surface area contributed by atoms with Gasteiger partial charge in [-0.05, 0) is 29.2 Å². The molecule has 1 aliphatic rings. The Bertz CT molecular complexity index is 911. The molecule has 0 aliphatic carbocycles. The standard InChI is InChI=1S/C19H19ClF3NO8/c1-18(2,3)12-8-14-10(7-13(12)20)6-11(15(32-14)19(21,22)23)16(25)29-9-30-17(26)28-4-5-31-24-27/h6-8,15H,4-5,9H2,1-3H3/t15-/m0/s1. The van der Waals surface area contributed by atoms with Gasteiger partial charge in [-0.15, -0.1) is 4.91 Å². The predicted octanol–water partition coefficient (Wildman–Crippen LogP) is 4.70. The van der Waals surface area contributed by atoms with Gasteiger partial charge in [-0.2, -0.15) is 13.2 Å². The molecule has 0 fully saturated rings. The van der Waals surface area contributed by atoms with Crippen molar-refractivity contribution in [3.63, 3.8) is 0 Å². The monoisotopic (exact) mass is 481 g/mol. The van der Waals surface area contributed by atoms with Crippen molar-refractivity contribution in [3.05, 3.63) is 38.8 Å². The minimum atomic E-state index is -4.93. The number of carbonyl (C=O) groups is 2. The maximum atomic E-state index is 13.6. The van der Waals surface area contributed by atoms with Crippen LogP contribution >= 0.6 is 11.6 Å². The molecule has 9 nitrogen and oxygen atoms in total. The molecular formula is C19H19ClF3NO8. The van der Waals surface area contributed by atoms with Crippen LogP contribution in [0.2, 0.25) is 5.02 Å². The van der Waals surface area contributed by atoms with E-state index in [2.05, 4.69) is 24.4 Å². The van der Waals surface area contributed by atoms with Gasteiger partial charge in [0, 0.05) is 10.6 Å². The first-order chi connectivity index (χ1) is 14.8. The van der Waals surface area contributed by atoms with Gasteiger partial charge in [0.2, 0.25) is 12.9 Å². The van der Waals surface area contributed by atoms with Gasteiger partial charge < -0.3 is 23.8 Å². The van der Waals surface area contributed by atoms with E-state index in [4.69, 9.17) is 16.3 Å². The first kappa shape index (κ1) is 25.2. The van der Waals surface area contributed by atoms with Crippen LogP contribution in [0.3, 0.4) is 0 Å². The average molecular weight is 482 g/mol. The lowest BCUT2D eigenvalue weighted by Crippen LogP contribution is -2.41. The van der Waals surface area contributed by atoms with E-state index >= 15 is 0 Å². The zero-order valence-electron chi connectivity index (χ0n) is 17.2. The molecule has 176 valence electrons. The van der Waals surface area contributed by atoms with Gasteiger partial charge >= 0.3 is 18.3 Å². The molecule has 1 atom stereocenters. The lowest BCUT2D eigenvalue weighted by Gasteiger charge is -2.30. The lowest BCUT2D eigenvalue weighted by atomic mass is 9.85. The number of halogens is 4. The van der Waals surface area contributed by atoms with Crippen molar-refractivity contribution in [2.45, 2.75) is 38.5 Å². The molecule has 1 aromatic rings. The Morgan fingerprint density at radius 3 is 2.41 bits per heavy atom. The zero-order valence-corrected chi connectivity index (χ0v) is 17.9. The summed E-state index contributed by atoms with van der Waals surface area (Å²) in [6.07, 6.45) is -7.88. The number of fused-ring (bicyclic) bond motifs is 1. The Kier molecular flexibility index (Phi) is 7.94. The van der Waals surface area contributed by atoms with Gasteiger partial charge in [0.15, 0.2) is 11.9 Å². The molecule has 1 aliphatic heterocycles. The van der Waals surface area contributed by atoms with E-state index in [1.165, 1.54) is 12.1 Å². The van der Waals surface area contributed by atoms with Crippen LogP contribution in [0.15, 0.2) is 23.0 Å². The van der Waals surface area contributed by atoms with Crippen molar-refractivity contribution in [3.8, 4) is 5.75 Å². The number of esters is 1. The van der Waals surface area contributed by atoms with E-state index in [1.807, 2.05) is 20.8 Å². The molecule has 0 amide bonds. The molecule has 0 saturated heterocycles. The summed E-state index contributed by atoms with van der Waals surface area (Å²) in [7, 11) is 0. The molecule has 0 spiro atoms. The number of hydrogen-bond donors (Lipinski definition) is 0. The van der Waals surface area contributed by atoms with Crippen molar-refractivity contribution in [2.75, 3.05) is 20.0 Å². The maximum Gasteiger partial charge on any atom is 0.511 e. The number of ether oxygens (including phenoxy) is 4. The fourth-order valence-electron chi connectivity index (χ4n) is 2.66. The first-order valence-electron chi connectivity index (χ1n) is 9.05. The molecule has 0 unspecified atom stereocenters. The van der Waals surface area contributed by atoms with Gasteiger partial charge in [-0.1, -0.05) is 32.4 Å². The third-order valence-corrected chi connectivity index (χ3v) is 4.41. The van der Waals surface area contributed by atoms with Crippen LogP contribution in [-0.2, 0) is 29.3 Å². The molecule has 32 heavy (non-hydrogen) atoms. The van der Waals surface area contributed by atoms with Crippen molar-refractivity contribution in [1.82, 2.24) is 0 Å². The normalized spacial score (nSPS) is 15.6. The molecule has 13 heteroatoms. The number of rotatable bonds is 7. The highest BCUT2D eigenvalue weighted by Gasteiger charge is 2.49. The molecule has 0 N–H and O–H groups in total. The Morgan fingerprint density at radius 2 is 1.81 bits per heavy atom. The number of alkyl halides is 3. The third-order valence-electron chi connectivity index (χ3n) is 4.09. The molecule has 1 aromatic carbocycles. The Balaban J connectivity index is 2.16. The number of hydrogen-bond acceptors (Lipinski definition) is 9. The fourth-order valence-corrected chi connectivity index (χ4v) is 3.11. The van der Waals surface area contributed by atoms with Crippen LogP contribution in [0.5, 0.6) is 5.75 Å². The van der Waals surface area contributed by atoms with E-state index in [9.17, 15) is 27.7 Å². The van der Waals surface area contributed by atoms with Crippen molar-refractivity contribution in [2.24, 2.45) is 5.34 Å². The largest absolute Gasteiger partial charge is 0.511 e. The number of carbonyl (C=O) groups excluding carboxylic acids is 2. The topological polar surface area (TPSA) is 110 Å². The van der Waals surface area contributed by atoms with Gasteiger partial charge in [0.1, 0.15) is 12.4 Å². The summed E-state index contributed by atoms with van der Waals surface area (Å²) in [6.45, 7) is 3.75. The van der Waals surface area contributed by atoms with Crippen LogP contribution in [0.4, 0.5) is 18.0 Å². The summed E-state index contributed by atoms with van der Waals surface area (Å²) in [5.74, 6) is -1.51. The van der Waals surface area contributed by atoms with Crippen LogP contribution in [0.1, 0.15) is 31.9 Å². The first-order valence-corrected chi connectivity index (χ1v) is 9.42. The summed E-state index contributed by atoms with van der Waals surface area (Å²) in [4.78, 5) is 37.2. The molecule has 0 bridgehead atoms. The minimum absolute atomic E-state index is 0.0925. The summed E-state index contributed by atoms with van der Waals surface area (Å²) >= 11 is 6.25. The third kappa shape index (κ3) is 6.49.